The number of phenols is 1. The summed E-state index contributed by atoms with van der Waals surface area (Å²) in [4.78, 5) is 31.6. The number of halogens is 2. The van der Waals surface area contributed by atoms with Crippen LogP contribution in [0.5, 0.6) is 11.5 Å². The third-order valence-corrected chi connectivity index (χ3v) is 3.26. The van der Waals surface area contributed by atoms with E-state index >= 15 is 0 Å². The topological polar surface area (TPSA) is 89.9 Å². The quantitative estimate of drug-likeness (QED) is 0.625. The average Bonchev–Trinajstić information content (AvgIpc) is 2.62. The molecular formula is C17H14Cl2O6. The lowest BCUT2D eigenvalue weighted by Crippen LogP contribution is -2.13. The summed E-state index contributed by atoms with van der Waals surface area (Å²) < 4.78 is 9.46. The monoisotopic (exact) mass is 384 g/mol. The van der Waals surface area contributed by atoms with Crippen molar-refractivity contribution in [3.8, 4) is 11.5 Å². The Morgan fingerprint density at radius 1 is 1.04 bits per heavy atom. The van der Waals surface area contributed by atoms with Crippen LogP contribution in [0.25, 0.3) is 0 Å². The number of hydrogen-bond acceptors (Lipinski definition) is 6. The van der Waals surface area contributed by atoms with E-state index in [9.17, 15) is 14.4 Å². The number of rotatable bonds is 5. The third-order valence-electron chi connectivity index (χ3n) is 2.79. The molecule has 2 rings (SSSR count). The van der Waals surface area contributed by atoms with Gasteiger partial charge < -0.3 is 14.6 Å². The van der Waals surface area contributed by atoms with Crippen LogP contribution in [0.3, 0.4) is 0 Å². The van der Waals surface area contributed by atoms with Crippen molar-refractivity contribution >= 4 is 41.7 Å². The lowest BCUT2D eigenvalue weighted by Gasteiger charge is -2.06. The fourth-order valence-corrected chi connectivity index (χ4v) is 1.92. The number of esters is 1. The number of aromatic hydroxyl groups is 1. The van der Waals surface area contributed by atoms with Crippen LogP contribution in [0.1, 0.15) is 20.7 Å². The normalized spacial score (nSPS) is 9.40. The Kier molecular flexibility index (Phi) is 8.46. The van der Waals surface area contributed by atoms with Crippen molar-refractivity contribution in [2.24, 2.45) is 0 Å². The Labute approximate surface area is 153 Å². The van der Waals surface area contributed by atoms with Gasteiger partial charge in [-0.05, 0) is 36.4 Å². The van der Waals surface area contributed by atoms with Crippen LogP contribution in [0.4, 0.5) is 0 Å². The SMILES string of the molecule is COC(=O)COc1ccc(Cl)cc1C=O.O=Cc1cc(Cl)ccc1O. The Bertz CT molecular complexity index is 761. The van der Waals surface area contributed by atoms with Gasteiger partial charge in [0.05, 0.1) is 18.2 Å². The van der Waals surface area contributed by atoms with Crippen LogP contribution in [0.15, 0.2) is 36.4 Å². The maximum Gasteiger partial charge on any atom is 0.343 e. The summed E-state index contributed by atoms with van der Waals surface area (Å²) in [6.45, 7) is -0.237. The number of phenolic OH excluding ortho intramolecular Hbond substituents is 1. The van der Waals surface area contributed by atoms with E-state index in [-0.39, 0.29) is 17.9 Å². The highest BCUT2D eigenvalue weighted by Gasteiger charge is 2.06. The molecule has 0 saturated carbocycles. The van der Waals surface area contributed by atoms with Crippen molar-refractivity contribution in [3.05, 3.63) is 57.6 Å². The first-order valence-corrected chi connectivity index (χ1v) is 7.55. The van der Waals surface area contributed by atoms with Crippen molar-refractivity contribution in [2.45, 2.75) is 0 Å². The molecule has 8 heteroatoms. The molecule has 132 valence electrons. The minimum atomic E-state index is -0.512. The molecule has 0 spiro atoms. The van der Waals surface area contributed by atoms with Gasteiger partial charge in [-0.1, -0.05) is 23.2 Å². The number of carbonyl (C=O) groups excluding carboxylic acids is 3. The first kappa shape index (κ1) is 20.5. The molecule has 0 aliphatic heterocycles. The van der Waals surface area contributed by atoms with E-state index in [1.54, 1.807) is 6.07 Å². The smallest absolute Gasteiger partial charge is 0.343 e. The standard InChI is InChI=1S/C10H9ClO4.C7H5ClO2/c1-14-10(13)6-15-9-3-2-8(11)4-7(9)5-12;8-6-1-2-7(10)5(3-6)4-9/h2-5H,6H2,1H3;1-4,10H. The summed E-state index contributed by atoms with van der Waals surface area (Å²) in [5.41, 5.74) is 0.513. The van der Waals surface area contributed by atoms with Crippen LogP contribution in [0, 0.1) is 0 Å². The molecule has 0 aliphatic rings. The fraction of sp³-hybridized carbons (Fsp3) is 0.118. The van der Waals surface area contributed by atoms with Crippen molar-refractivity contribution in [1.82, 2.24) is 0 Å². The molecule has 0 fully saturated rings. The minimum Gasteiger partial charge on any atom is -0.507 e. The Hall–Kier alpha value is -2.57. The van der Waals surface area contributed by atoms with Crippen molar-refractivity contribution in [2.75, 3.05) is 13.7 Å². The van der Waals surface area contributed by atoms with Crippen LogP contribution in [-0.2, 0) is 9.53 Å². The summed E-state index contributed by atoms with van der Waals surface area (Å²) in [6.07, 6.45) is 1.17. The lowest BCUT2D eigenvalue weighted by molar-refractivity contribution is -0.142. The molecule has 25 heavy (non-hydrogen) atoms. The van der Waals surface area contributed by atoms with E-state index in [1.165, 1.54) is 37.4 Å². The highest BCUT2D eigenvalue weighted by atomic mass is 35.5. The molecule has 0 saturated heterocycles. The maximum atomic E-state index is 10.8. The number of benzene rings is 2. The summed E-state index contributed by atoms with van der Waals surface area (Å²) in [5, 5.41) is 9.82. The largest absolute Gasteiger partial charge is 0.507 e. The number of methoxy groups -OCH3 is 1. The molecule has 0 unspecified atom stereocenters. The number of ether oxygens (including phenoxy) is 2. The summed E-state index contributed by atoms with van der Waals surface area (Å²) in [7, 11) is 1.26. The number of aldehydes is 2. The van der Waals surface area contributed by atoms with Crippen LogP contribution in [-0.4, -0.2) is 37.4 Å². The Morgan fingerprint density at radius 2 is 1.60 bits per heavy atom. The van der Waals surface area contributed by atoms with Gasteiger partial charge in [-0.15, -0.1) is 0 Å². The van der Waals surface area contributed by atoms with Gasteiger partial charge in [-0.2, -0.15) is 0 Å². The molecule has 2 aromatic rings. The lowest BCUT2D eigenvalue weighted by atomic mass is 10.2. The van der Waals surface area contributed by atoms with Crippen molar-refractivity contribution in [3.63, 3.8) is 0 Å². The second-order valence-electron chi connectivity index (χ2n) is 4.49. The van der Waals surface area contributed by atoms with E-state index in [0.717, 1.165) is 0 Å². The molecule has 2 aromatic carbocycles. The Morgan fingerprint density at radius 3 is 2.12 bits per heavy atom. The van der Waals surface area contributed by atoms with Crippen LogP contribution in [0.2, 0.25) is 10.0 Å². The molecule has 1 N–H and O–H groups in total. The van der Waals surface area contributed by atoms with Crippen LogP contribution < -0.4 is 4.74 Å². The average molecular weight is 385 g/mol. The molecule has 0 aromatic heterocycles. The fourth-order valence-electron chi connectivity index (χ4n) is 1.56. The highest BCUT2D eigenvalue weighted by molar-refractivity contribution is 6.31. The minimum absolute atomic E-state index is 0.0422. The zero-order valence-electron chi connectivity index (χ0n) is 13.1. The molecule has 0 bridgehead atoms. The van der Waals surface area contributed by atoms with E-state index in [0.29, 0.717) is 33.9 Å². The maximum absolute atomic E-state index is 10.8. The van der Waals surface area contributed by atoms with Gasteiger partial charge in [-0.25, -0.2) is 4.79 Å². The van der Waals surface area contributed by atoms with Gasteiger partial charge in [0.1, 0.15) is 11.5 Å². The van der Waals surface area contributed by atoms with Crippen molar-refractivity contribution < 1.29 is 29.0 Å². The molecule has 0 radical (unpaired) electrons. The summed E-state index contributed by atoms with van der Waals surface area (Å²) in [5.74, 6) is -0.249. The van der Waals surface area contributed by atoms with E-state index in [1.807, 2.05) is 0 Å². The first-order chi connectivity index (χ1) is 11.9. The second-order valence-corrected chi connectivity index (χ2v) is 5.36. The molecule has 0 heterocycles. The van der Waals surface area contributed by atoms with E-state index < -0.39 is 5.97 Å². The van der Waals surface area contributed by atoms with Gasteiger partial charge in [-0.3, -0.25) is 9.59 Å². The third kappa shape index (κ3) is 6.82. The zero-order valence-corrected chi connectivity index (χ0v) is 14.6. The predicted molar refractivity (Wildman–Crippen MR) is 92.9 cm³/mol. The predicted octanol–water partition coefficient (Wildman–Crippen LogP) is 3.56. The van der Waals surface area contributed by atoms with Gasteiger partial charge in [0.25, 0.3) is 0 Å². The highest BCUT2D eigenvalue weighted by Crippen LogP contribution is 2.21. The summed E-state index contributed by atoms with van der Waals surface area (Å²) in [6, 6.07) is 8.86. The van der Waals surface area contributed by atoms with Crippen molar-refractivity contribution in [1.29, 1.82) is 0 Å². The van der Waals surface area contributed by atoms with Gasteiger partial charge in [0, 0.05) is 10.0 Å². The number of hydrogen-bond donors (Lipinski definition) is 1. The zero-order chi connectivity index (χ0) is 18.8. The number of carbonyl (C=O) groups is 3. The Balaban J connectivity index is 0.000000271. The van der Waals surface area contributed by atoms with Gasteiger partial charge >= 0.3 is 5.97 Å². The molecule has 0 atom stereocenters. The molecule has 0 amide bonds. The van der Waals surface area contributed by atoms with E-state index in [2.05, 4.69) is 4.74 Å². The first-order valence-electron chi connectivity index (χ1n) is 6.79. The van der Waals surface area contributed by atoms with Gasteiger partial charge in [0.15, 0.2) is 19.2 Å². The molecule has 0 aliphatic carbocycles. The molecule has 6 nitrogen and oxygen atoms in total. The van der Waals surface area contributed by atoms with Crippen LogP contribution >= 0.6 is 23.2 Å². The van der Waals surface area contributed by atoms with Gasteiger partial charge in [0.2, 0.25) is 0 Å². The second kappa shape index (κ2) is 10.3. The van der Waals surface area contributed by atoms with E-state index in [4.69, 9.17) is 33.0 Å². The molecular weight excluding hydrogens is 371 g/mol. The summed E-state index contributed by atoms with van der Waals surface area (Å²) >= 11 is 11.2.